The molecule has 0 spiro atoms. The largest absolute Gasteiger partial charge is 0.478 e. The van der Waals surface area contributed by atoms with Crippen LogP contribution in [-0.4, -0.2) is 29.7 Å². The van der Waals surface area contributed by atoms with Crippen molar-refractivity contribution in [1.82, 2.24) is 9.88 Å². The first-order chi connectivity index (χ1) is 19.5. The quantitative estimate of drug-likeness (QED) is 0.206. The first-order valence-electron chi connectivity index (χ1n) is 14.3. The molecule has 1 aromatic heterocycles. The predicted octanol–water partition coefficient (Wildman–Crippen LogP) is 7.50. The SMILES string of the molecule is COC(=O)C(Oc1cccc(Cn2c(C)c(C)c3cc(C(=O)N[C@@H](C)c4cccc(C(C)C)c4)ccc32)c1)C(C)C. The van der Waals surface area contributed by atoms with Gasteiger partial charge >= 0.3 is 5.97 Å². The first-order valence-corrected chi connectivity index (χ1v) is 14.3. The van der Waals surface area contributed by atoms with Gasteiger partial charge in [0.25, 0.3) is 5.91 Å². The van der Waals surface area contributed by atoms with Crippen molar-refractivity contribution in [2.75, 3.05) is 7.11 Å². The Hall–Kier alpha value is -4.06. The highest BCUT2D eigenvalue weighted by Gasteiger charge is 2.25. The highest BCUT2D eigenvalue weighted by molar-refractivity contribution is 5.99. The van der Waals surface area contributed by atoms with Crippen molar-refractivity contribution >= 4 is 22.8 Å². The number of fused-ring (bicyclic) bond motifs is 1. The highest BCUT2D eigenvalue weighted by Crippen LogP contribution is 2.29. The first kappa shape index (κ1) is 29.9. The number of hydrogen-bond acceptors (Lipinski definition) is 4. The molecular weight excluding hydrogens is 512 g/mol. The van der Waals surface area contributed by atoms with Gasteiger partial charge in [-0.15, -0.1) is 0 Å². The maximum absolute atomic E-state index is 13.3. The Morgan fingerprint density at radius 3 is 2.27 bits per heavy atom. The maximum Gasteiger partial charge on any atom is 0.347 e. The number of nitrogens with one attached hydrogen (secondary N) is 1. The molecule has 0 saturated carbocycles. The lowest BCUT2D eigenvalue weighted by atomic mass is 9.98. The number of aryl methyl sites for hydroxylation is 1. The van der Waals surface area contributed by atoms with Crippen LogP contribution in [0.15, 0.2) is 66.7 Å². The molecule has 0 fully saturated rings. The van der Waals surface area contributed by atoms with E-state index in [0.29, 0.717) is 23.8 Å². The van der Waals surface area contributed by atoms with Crippen molar-refractivity contribution in [3.63, 3.8) is 0 Å². The summed E-state index contributed by atoms with van der Waals surface area (Å²) in [5.74, 6) is 0.566. The van der Waals surface area contributed by atoms with E-state index in [1.165, 1.54) is 12.7 Å². The van der Waals surface area contributed by atoms with Crippen molar-refractivity contribution in [1.29, 1.82) is 0 Å². The summed E-state index contributed by atoms with van der Waals surface area (Å²) in [6.07, 6.45) is -0.668. The third-order valence-corrected chi connectivity index (χ3v) is 7.87. The summed E-state index contributed by atoms with van der Waals surface area (Å²) in [5, 5.41) is 4.23. The van der Waals surface area contributed by atoms with Gasteiger partial charge in [-0.25, -0.2) is 4.79 Å². The molecule has 0 bridgehead atoms. The molecular formula is C35H42N2O4. The smallest absolute Gasteiger partial charge is 0.347 e. The molecule has 1 amide bonds. The number of hydrogen-bond donors (Lipinski definition) is 1. The average molecular weight is 555 g/mol. The summed E-state index contributed by atoms with van der Waals surface area (Å²) in [5.41, 5.74) is 7.40. The Bertz CT molecular complexity index is 1550. The molecule has 1 unspecified atom stereocenters. The van der Waals surface area contributed by atoms with E-state index in [2.05, 4.69) is 61.8 Å². The van der Waals surface area contributed by atoms with Crippen molar-refractivity contribution in [2.24, 2.45) is 5.92 Å². The molecule has 2 atom stereocenters. The second kappa shape index (κ2) is 12.6. The molecule has 6 heteroatoms. The highest BCUT2D eigenvalue weighted by atomic mass is 16.6. The summed E-state index contributed by atoms with van der Waals surface area (Å²) in [6.45, 7) is 15.1. The number of amides is 1. The fourth-order valence-electron chi connectivity index (χ4n) is 5.16. The molecule has 0 aliphatic rings. The van der Waals surface area contributed by atoms with Crippen LogP contribution >= 0.6 is 0 Å². The van der Waals surface area contributed by atoms with Gasteiger partial charge in [-0.3, -0.25) is 4.79 Å². The minimum atomic E-state index is -0.668. The van der Waals surface area contributed by atoms with E-state index >= 15 is 0 Å². The minimum absolute atomic E-state index is 0.0241. The number of ether oxygens (including phenoxy) is 2. The number of carbonyl (C=O) groups is 2. The van der Waals surface area contributed by atoms with Gasteiger partial charge in [0, 0.05) is 34.6 Å². The van der Waals surface area contributed by atoms with Gasteiger partial charge in [-0.2, -0.15) is 0 Å². The molecule has 216 valence electrons. The van der Waals surface area contributed by atoms with Crippen molar-refractivity contribution in [3.05, 3.63) is 100 Å². The van der Waals surface area contributed by atoms with Crippen LogP contribution < -0.4 is 10.1 Å². The Balaban J connectivity index is 1.55. The van der Waals surface area contributed by atoms with E-state index in [0.717, 1.165) is 33.3 Å². The third kappa shape index (κ3) is 6.64. The standard InChI is InChI=1S/C35H42N2O4/c1-21(2)27-12-10-13-28(18-27)24(6)36-34(38)29-15-16-32-31(19-29)23(5)25(7)37(32)20-26-11-9-14-30(17-26)41-33(22(3)4)35(39)40-8/h9-19,21-22,24,33H,20H2,1-8H3,(H,36,38)/t24-,33?/m0/s1. The van der Waals surface area contributed by atoms with Gasteiger partial charge in [0.1, 0.15) is 5.75 Å². The number of methoxy groups -OCH3 is 1. The minimum Gasteiger partial charge on any atom is -0.478 e. The van der Waals surface area contributed by atoms with Gasteiger partial charge in [-0.1, -0.05) is 64.1 Å². The Labute approximate surface area is 243 Å². The van der Waals surface area contributed by atoms with Crippen LogP contribution in [-0.2, 0) is 16.1 Å². The van der Waals surface area contributed by atoms with Crippen LogP contribution in [0.3, 0.4) is 0 Å². The average Bonchev–Trinajstić information content (AvgIpc) is 3.19. The van der Waals surface area contributed by atoms with Crippen LogP contribution in [0.25, 0.3) is 10.9 Å². The molecule has 1 N–H and O–H groups in total. The lowest BCUT2D eigenvalue weighted by Crippen LogP contribution is -2.33. The molecule has 0 aliphatic carbocycles. The monoisotopic (exact) mass is 554 g/mol. The van der Waals surface area contributed by atoms with Crippen molar-refractivity contribution in [2.45, 2.75) is 73.1 Å². The second-order valence-corrected chi connectivity index (χ2v) is 11.5. The number of benzene rings is 3. The third-order valence-electron chi connectivity index (χ3n) is 7.87. The number of nitrogens with zero attached hydrogens (tertiary/aromatic N) is 1. The van der Waals surface area contributed by atoms with E-state index in [1.807, 2.05) is 63.2 Å². The van der Waals surface area contributed by atoms with Crippen LogP contribution in [0.5, 0.6) is 5.75 Å². The fourth-order valence-corrected chi connectivity index (χ4v) is 5.16. The Morgan fingerprint density at radius 2 is 1.59 bits per heavy atom. The molecule has 41 heavy (non-hydrogen) atoms. The Kier molecular flexibility index (Phi) is 9.21. The molecule has 0 saturated heterocycles. The predicted molar refractivity (Wildman–Crippen MR) is 165 cm³/mol. The van der Waals surface area contributed by atoms with Gasteiger partial charge in [0.2, 0.25) is 0 Å². The lowest BCUT2D eigenvalue weighted by Gasteiger charge is -2.20. The number of rotatable bonds is 10. The zero-order valence-electron chi connectivity index (χ0n) is 25.4. The Morgan fingerprint density at radius 1 is 0.878 bits per heavy atom. The van der Waals surface area contributed by atoms with Crippen LogP contribution in [0.4, 0.5) is 0 Å². The molecule has 6 nitrogen and oxygen atoms in total. The number of esters is 1. The summed E-state index contributed by atoms with van der Waals surface area (Å²) in [4.78, 5) is 25.5. The summed E-state index contributed by atoms with van der Waals surface area (Å²) in [7, 11) is 1.38. The molecule has 0 aliphatic heterocycles. The number of carbonyl (C=O) groups excluding carboxylic acids is 2. The van der Waals surface area contributed by atoms with Gasteiger partial charge < -0.3 is 19.4 Å². The van der Waals surface area contributed by atoms with E-state index in [9.17, 15) is 9.59 Å². The van der Waals surface area contributed by atoms with Crippen molar-refractivity contribution in [3.8, 4) is 5.75 Å². The van der Waals surface area contributed by atoms with E-state index in [1.54, 1.807) is 0 Å². The van der Waals surface area contributed by atoms with E-state index in [4.69, 9.17) is 9.47 Å². The van der Waals surface area contributed by atoms with Crippen molar-refractivity contribution < 1.29 is 19.1 Å². The molecule has 4 aromatic rings. The maximum atomic E-state index is 13.3. The summed E-state index contributed by atoms with van der Waals surface area (Å²) >= 11 is 0. The summed E-state index contributed by atoms with van der Waals surface area (Å²) in [6, 6.07) is 22.0. The fraction of sp³-hybridized carbons (Fsp3) is 0.371. The van der Waals surface area contributed by atoms with E-state index < -0.39 is 6.10 Å². The van der Waals surface area contributed by atoms with Gasteiger partial charge in [0.05, 0.1) is 13.2 Å². The molecule has 0 radical (unpaired) electrons. The zero-order valence-corrected chi connectivity index (χ0v) is 25.4. The zero-order chi connectivity index (χ0) is 29.8. The van der Waals surface area contributed by atoms with Crippen LogP contribution in [0, 0.1) is 19.8 Å². The second-order valence-electron chi connectivity index (χ2n) is 11.5. The van der Waals surface area contributed by atoms with Gasteiger partial charge in [0.15, 0.2) is 6.10 Å². The normalized spacial score (nSPS) is 12.9. The van der Waals surface area contributed by atoms with Crippen LogP contribution in [0.2, 0.25) is 0 Å². The molecule has 4 rings (SSSR count). The molecule has 3 aromatic carbocycles. The lowest BCUT2D eigenvalue weighted by molar-refractivity contribution is -0.150. The van der Waals surface area contributed by atoms with E-state index in [-0.39, 0.29) is 23.8 Å². The molecule has 1 heterocycles. The van der Waals surface area contributed by atoms with Gasteiger partial charge in [-0.05, 0) is 79.3 Å². The number of aromatic nitrogens is 1. The van der Waals surface area contributed by atoms with Crippen LogP contribution in [0.1, 0.15) is 84.9 Å². The summed E-state index contributed by atoms with van der Waals surface area (Å²) < 4.78 is 13.2. The topological polar surface area (TPSA) is 69.6 Å².